The maximum atomic E-state index is 13.2. The second-order valence-electron chi connectivity index (χ2n) is 10.7. The summed E-state index contributed by atoms with van der Waals surface area (Å²) in [6.07, 6.45) is -4.47. The lowest BCUT2D eigenvalue weighted by Crippen LogP contribution is -2.13. The molecule has 5 aromatic carbocycles. The minimum absolute atomic E-state index is 0.00960. The second-order valence-corrected chi connectivity index (χ2v) is 10.7. The van der Waals surface area contributed by atoms with Gasteiger partial charge in [0.15, 0.2) is 5.75 Å². The van der Waals surface area contributed by atoms with E-state index in [0.29, 0.717) is 29.2 Å². The summed E-state index contributed by atoms with van der Waals surface area (Å²) in [5, 5.41) is 2.86. The Kier molecular flexibility index (Phi) is 9.71. The molecule has 0 heterocycles. The van der Waals surface area contributed by atoms with E-state index < -0.39 is 17.6 Å². The van der Waals surface area contributed by atoms with Gasteiger partial charge < -0.3 is 19.5 Å². The first kappa shape index (κ1) is 31.8. The van der Waals surface area contributed by atoms with Crippen LogP contribution in [0.2, 0.25) is 0 Å². The molecule has 0 bridgehead atoms. The summed E-state index contributed by atoms with van der Waals surface area (Å²) in [6.45, 7) is 4.32. The van der Waals surface area contributed by atoms with Gasteiger partial charge in [-0.2, -0.15) is 13.2 Å². The van der Waals surface area contributed by atoms with E-state index in [9.17, 15) is 22.8 Å². The van der Waals surface area contributed by atoms with Crippen LogP contribution in [-0.2, 0) is 17.6 Å². The summed E-state index contributed by atoms with van der Waals surface area (Å²) in [5.41, 5.74) is 3.03. The number of hydrogen-bond donors (Lipinski definition) is 1. The largest absolute Gasteiger partial charge is 0.489 e. The predicted octanol–water partition coefficient (Wildman–Crippen LogP) is 9.65. The molecule has 0 aliphatic rings. The molecular formula is C37H30F3NO5. The topological polar surface area (TPSA) is 73.9 Å². The van der Waals surface area contributed by atoms with Crippen molar-refractivity contribution >= 4 is 18.1 Å². The first-order valence-electron chi connectivity index (χ1n) is 14.4. The van der Waals surface area contributed by atoms with Crippen molar-refractivity contribution in [3.63, 3.8) is 0 Å². The van der Waals surface area contributed by atoms with Crippen molar-refractivity contribution in [3.8, 4) is 34.1 Å². The molecule has 46 heavy (non-hydrogen) atoms. The van der Waals surface area contributed by atoms with Crippen molar-refractivity contribution < 1.29 is 37.0 Å². The van der Waals surface area contributed by atoms with Crippen molar-refractivity contribution in [3.05, 3.63) is 138 Å². The fourth-order valence-corrected chi connectivity index (χ4v) is 4.82. The van der Waals surface area contributed by atoms with Gasteiger partial charge in [-0.25, -0.2) is 0 Å². The number of anilines is 1. The van der Waals surface area contributed by atoms with Gasteiger partial charge in [0.2, 0.25) is 0 Å². The first-order chi connectivity index (χ1) is 22.1. The van der Waals surface area contributed by atoms with Crippen LogP contribution < -0.4 is 19.5 Å². The zero-order valence-corrected chi connectivity index (χ0v) is 25.0. The smallest absolute Gasteiger partial charge is 0.416 e. The molecule has 0 saturated heterocycles. The summed E-state index contributed by atoms with van der Waals surface area (Å²) in [6, 6.07) is 31.5. The molecule has 0 saturated carbocycles. The van der Waals surface area contributed by atoms with E-state index in [-0.39, 0.29) is 24.0 Å². The third kappa shape index (κ3) is 7.92. The van der Waals surface area contributed by atoms with E-state index in [1.54, 1.807) is 42.5 Å². The molecule has 0 spiro atoms. The number of rotatable bonds is 11. The number of alkyl halides is 3. The fraction of sp³-hybridized carbons (Fsp3) is 0.135. The SMILES string of the molecule is CC(C)c1cc(NC(=O)c2ccc(Oc3ccccc3)cc2)c(OC=O)cc1-c1cccc(COc2cccc(C(F)(F)F)c2)c1. The van der Waals surface area contributed by atoms with Crippen LogP contribution in [0.5, 0.6) is 23.0 Å². The van der Waals surface area contributed by atoms with Gasteiger partial charge in [0.05, 0.1) is 11.3 Å². The standard InChI is InChI=1S/C37H30F3NO5/c1-24(2)32-20-34(41-36(43)26-14-16-30(17-15-26)46-29-11-4-3-5-12-29)35(45-23-42)21-33(32)27-9-6-8-25(18-27)22-44-31-13-7-10-28(19-31)37(38,39)40/h3-21,23-24H,22H2,1-2H3,(H,41,43). The van der Waals surface area contributed by atoms with Gasteiger partial charge in [-0.1, -0.05) is 56.3 Å². The number of amides is 1. The lowest BCUT2D eigenvalue weighted by atomic mass is 9.91. The Hall–Kier alpha value is -5.57. The van der Waals surface area contributed by atoms with E-state index in [4.69, 9.17) is 14.2 Å². The molecule has 0 aliphatic carbocycles. The molecule has 234 valence electrons. The minimum atomic E-state index is -4.47. The first-order valence-corrected chi connectivity index (χ1v) is 14.4. The highest BCUT2D eigenvalue weighted by molar-refractivity contribution is 6.05. The molecule has 0 atom stereocenters. The molecule has 0 unspecified atom stereocenters. The number of nitrogens with one attached hydrogen (secondary N) is 1. The van der Waals surface area contributed by atoms with Gasteiger partial charge in [-0.15, -0.1) is 0 Å². The average Bonchev–Trinajstić information content (AvgIpc) is 3.05. The molecule has 1 amide bonds. The molecule has 5 rings (SSSR count). The zero-order valence-electron chi connectivity index (χ0n) is 25.0. The molecule has 0 fully saturated rings. The minimum Gasteiger partial charge on any atom is -0.489 e. The second kappa shape index (κ2) is 14.0. The van der Waals surface area contributed by atoms with Crippen molar-refractivity contribution in [1.82, 2.24) is 0 Å². The van der Waals surface area contributed by atoms with Crippen LogP contribution in [0.1, 0.15) is 46.8 Å². The van der Waals surface area contributed by atoms with Crippen molar-refractivity contribution in [1.29, 1.82) is 0 Å². The molecular weight excluding hydrogens is 595 g/mol. The summed E-state index contributed by atoms with van der Waals surface area (Å²) < 4.78 is 56.1. The molecule has 0 aliphatic heterocycles. The number of hydrogen-bond acceptors (Lipinski definition) is 5. The van der Waals surface area contributed by atoms with E-state index >= 15 is 0 Å². The van der Waals surface area contributed by atoms with Crippen molar-refractivity contribution in [2.24, 2.45) is 0 Å². The third-order valence-corrected chi connectivity index (χ3v) is 7.10. The Morgan fingerprint density at radius 1 is 0.804 bits per heavy atom. The third-order valence-electron chi connectivity index (χ3n) is 7.10. The molecule has 0 radical (unpaired) electrons. The van der Waals surface area contributed by atoms with Crippen LogP contribution in [0.25, 0.3) is 11.1 Å². The summed E-state index contributed by atoms with van der Waals surface area (Å²) >= 11 is 0. The molecule has 0 aromatic heterocycles. The maximum absolute atomic E-state index is 13.2. The highest BCUT2D eigenvalue weighted by atomic mass is 19.4. The van der Waals surface area contributed by atoms with Gasteiger partial charge in [-0.05, 0) is 101 Å². The number of carbonyl (C=O) groups excluding carboxylic acids is 2. The number of para-hydroxylation sites is 1. The van der Waals surface area contributed by atoms with E-state index in [2.05, 4.69) is 5.32 Å². The van der Waals surface area contributed by atoms with Crippen LogP contribution in [0.15, 0.2) is 115 Å². The Balaban J connectivity index is 1.37. The number of halogens is 3. The Morgan fingerprint density at radius 2 is 1.50 bits per heavy atom. The molecule has 1 N–H and O–H groups in total. The Morgan fingerprint density at radius 3 is 2.20 bits per heavy atom. The molecule has 6 nitrogen and oxygen atoms in total. The quantitative estimate of drug-likeness (QED) is 0.148. The fourth-order valence-electron chi connectivity index (χ4n) is 4.82. The number of benzene rings is 5. The van der Waals surface area contributed by atoms with Crippen molar-refractivity contribution in [2.45, 2.75) is 32.5 Å². The van der Waals surface area contributed by atoms with E-state index in [1.165, 1.54) is 12.1 Å². The van der Waals surface area contributed by atoms with Gasteiger partial charge in [0.25, 0.3) is 12.4 Å². The normalized spacial score (nSPS) is 11.2. The number of carbonyl (C=O) groups is 2. The molecule has 9 heteroatoms. The van der Waals surface area contributed by atoms with E-state index in [0.717, 1.165) is 34.4 Å². The van der Waals surface area contributed by atoms with Crippen LogP contribution in [-0.4, -0.2) is 12.4 Å². The van der Waals surface area contributed by atoms with Crippen LogP contribution in [0.3, 0.4) is 0 Å². The highest BCUT2D eigenvalue weighted by Gasteiger charge is 2.30. The highest BCUT2D eigenvalue weighted by Crippen LogP contribution is 2.39. The van der Waals surface area contributed by atoms with Crippen LogP contribution >= 0.6 is 0 Å². The summed E-state index contributed by atoms with van der Waals surface area (Å²) in [4.78, 5) is 24.7. The van der Waals surface area contributed by atoms with Crippen LogP contribution in [0.4, 0.5) is 18.9 Å². The Labute approximate surface area is 264 Å². The van der Waals surface area contributed by atoms with Gasteiger partial charge in [0.1, 0.15) is 23.9 Å². The molecule has 5 aromatic rings. The average molecular weight is 626 g/mol. The Bertz CT molecular complexity index is 1820. The summed E-state index contributed by atoms with van der Waals surface area (Å²) in [5.74, 6) is 1.10. The summed E-state index contributed by atoms with van der Waals surface area (Å²) in [7, 11) is 0. The zero-order chi connectivity index (χ0) is 32.7. The monoisotopic (exact) mass is 625 g/mol. The van der Waals surface area contributed by atoms with Gasteiger partial charge in [-0.3, -0.25) is 9.59 Å². The van der Waals surface area contributed by atoms with E-state index in [1.807, 2.05) is 62.4 Å². The number of ether oxygens (including phenoxy) is 3. The predicted molar refractivity (Wildman–Crippen MR) is 169 cm³/mol. The van der Waals surface area contributed by atoms with Crippen molar-refractivity contribution in [2.75, 3.05) is 5.32 Å². The lowest BCUT2D eigenvalue weighted by molar-refractivity contribution is -0.137. The lowest BCUT2D eigenvalue weighted by Gasteiger charge is -2.19. The van der Waals surface area contributed by atoms with Gasteiger partial charge in [0, 0.05) is 5.56 Å². The van der Waals surface area contributed by atoms with Crippen LogP contribution in [0, 0.1) is 0 Å². The maximum Gasteiger partial charge on any atom is 0.416 e. The van der Waals surface area contributed by atoms with Gasteiger partial charge >= 0.3 is 6.18 Å².